The molecule has 0 saturated heterocycles. The van der Waals surface area contributed by atoms with Crippen LogP contribution in [-0.4, -0.2) is 6.85 Å². The van der Waals surface area contributed by atoms with Gasteiger partial charge >= 0.3 is 6.85 Å². The molecule has 286 valence electrons. The largest absolute Gasteiger partial charge is 0.375 e. The third-order valence-corrected chi connectivity index (χ3v) is 14.5. The molecule has 4 heteroatoms. The highest BCUT2D eigenvalue weighted by molar-refractivity contribution is 7.32. The topological polar surface area (TPSA) is 6.48 Å². The van der Waals surface area contributed by atoms with Crippen molar-refractivity contribution in [1.82, 2.24) is 0 Å². The van der Waals surface area contributed by atoms with Crippen LogP contribution in [0.4, 0.5) is 28.4 Å². The first-order valence-corrected chi connectivity index (χ1v) is 22.0. The van der Waals surface area contributed by atoms with Gasteiger partial charge in [0.25, 0.3) is 0 Å². The Morgan fingerprint density at radius 2 is 1.17 bits per heavy atom. The van der Waals surface area contributed by atoms with Crippen molar-refractivity contribution < 1.29 is 0 Å². The summed E-state index contributed by atoms with van der Waals surface area (Å²) in [6, 6.07) is 70.9. The first-order chi connectivity index (χ1) is 29.3. The maximum atomic E-state index is 2.73. The van der Waals surface area contributed by atoms with Crippen LogP contribution in [0.1, 0.15) is 54.2 Å². The number of benzene rings is 8. The third-order valence-electron chi connectivity index (χ3n) is 13.3. The number of rotatable bonds is 4. The lowest BCUT2D eigenvalue weighted by Gasteiger charge is -2.52. The fourth-order valence-electron chi connectivity index (χ4n) is 10.8. The molecule has 0 aliphatic carbocycles. The summed E-state index contributed by atoms with van der Waals surface area (Å²) in [6.45, 7) is 9.18. The predicted molar refractivity (Wildman–Crippen MR) is 256 cm³/mol. The number of hydrogen-bond donors (Lipinski definition) is 0. The van der Waals surface area contributed by atoms with E-state index in [0.29, 0.717) is 0 Å². The predicted octanol–water partition coefficient (Wildman–Crippen LogP) is 13.6. The van der Waals surface area contributed by atoms with Crippen molar-refractivity contribution >= 4 is 66.9 Å². The average Bonchev–Trinajstić information content (AvgIpc) is 3.67. The minimum atomic E-state index is -0.534. The molecular weight excluding hydrogens is 744 g/mol. The zero-order valence-corrected chi connectivity index (χ0v) is 35.1. The minimum Gasteiger partial charge on any atom is -0.375 e. The van der Waals surface area contributed by atoms with E-state index in [1.54, 1.807) is 0 Å². The molecule has 0 fully saturated rings. The Bertz CT molecular complexity index is 3120. The number of anilines is 5. The summed E-state index contributed by atoms with van der Waals surface area (Å²) in [5, 5.41) is 1.29. The second-order valence-corrected chi connectivity index (χ2v) is 18.8. The highest BCUT2D eigenvalue weighted by atomic mass is 32.1. The Labute approximate surface area is 357 Å². The van der Waals surface area contributed by atoms with Gasteiger partial charge in [-0.2, -0.15) is 0 Å². The molecule has 0 unspecified atom stereocenters. The van der Waals surface area contributed by atoms with Gasteiger partial charge in [-0.25, -0.2) is 0 Å². The molecule has 0 N–H and O–H groups in total. The molecular formula is C56H43BN2S. The van der Waals surface area contributed by atoms with Crippen molar-refractivity contribution in [1.29, 1.82) is 0 Å². The van der Waals surface area contributed by atoms with Crippen LogP contribution in [-0.2, 0) is 10.8 Å². The molecule has 0 atom stereocenters. The summed E-state index contributed by atoms with van der Waals surface area (Å²) in [6.07, 6.45) is 0. The third kappa shape index (κ3) is 4.83. The molecule has 3 aliphatic rings. The Morgan fingerprint density at radius 3 is 1.90 bits per heavy atom. The summed E-state index contributed by atoms with van der Waals surface area (Å²) < 4.78 is 2.67. The van der Waals surface area contributed by atoms with Crippen LogP contribution in [0, 0.1) is 6.92 Å². The monoisotopic (exact) mass is 786 g/mol. The fourth-order valence-corrected chi connectivity index (χ4v) is 12.0. The van der Waals surface area contributed by atoms with E-state index < -0.39 is 5.41 Å². The maximum absolute atomic E-state index is 2.73. The molecule has 0 bridgehead atoms. The number of fused-ring (bicyclic) bond motifs is 8. The van der Waals surface area contributed by atoms with Crippen molar-refractivity contribution in [3.05, 3.63) is 221 Å². The van der Waals surface area contributed by atoms with Gasteiger partial charge in [0.15, 0.2) is 0 Å². The number of para-hydroxylation sites is 2. The number of hydrogen-bond acceptors (Lipinski definition) is 3. The zero-order valence-electron chi connectivity index (χ0n) is 34.3. The SMILES string of the molecule is Cc1cc2c3c(c1)N(c1ccc(C(C)(C)C)cc1-c1ccccc1)c1c(sc4ccccc14)B3N1c3ccccc3C(c3ccccc3)(c3ccccc3)c3cccc-2c31. The maximum Gasteiger partial charge on any atom is 0.343 e. The second-order valence-electron chi connectivity index (χ2n) is 17.7. The molecule has 0 amide bonds. The van der Waals surface area contributed by atoms with E-state index in [0.717, 1.165) is 0 Å². The van der Waals surface area contributed by atoms with Crippen LogP contribution >= 0.6 is 11.3 Å². The van der Waals surface area contributed by atoms with Crippen LogP contribution in [0.3, 0.4) is 0 Å². The molecule has 0 saturated carbocycles. The van der Waals surface area contributed by atoms with Crippen molar-refractivity contribution in [3.63, 3.8) is 0 Å². The lowest BCUT2D eigenvalue weighted by molar-refractivity contribution is 0.590. The number of thiophene rings is 1. The summed E-state index contributed by atoms with van der Waals surface area (Å²) in [5.74, 6) is 0. The van der Waals surface area contributed by atoms with Crippen LogP contribution in [0.15, 0.2) is 188 Å². The number of nitrogens with zero attached hydrogens (tertiary/aromatic N) is 2. The van der Waals surface area contributed by atoms with E-state index >= 15 is 0 Å². The first kappa shape index (κ1) is 35.3. The van der Waals surface area contributed by atoms with E-state index in [2.05, 4.69) is 225 Å². The summed E-state index contributed by atoms with van der Waals surface area (Å²) in [7, 11) is 0. The van der Waals surface area contributed by atoms with Gasteiger partial charge in [0, 0.05) is 43.1 Å². The van der Waals surface area contributed by atoms with E-state index in [9.17, 15) is 0 Å². The molecule has 0 radical (unpaired) electrons. The minimum absolute atomic E-state index is 0.00438. The van der Waals surface area contributed by atoms with Gasteiger partial charge in [-0.3, -0.25) is 0 Å². The van der Waals surface area contributed by atoms with Crippen molar-refractivity contribution in [2.75, 3.05) is 9.71 Å². The van der Waals surface area contributed by atoms with Crippen molar-refractivity contribution in [2.24, 2.45) is 0 Å². The van der Waals surface area contributed by atoms with E-state index in [1.165, 1.54) is 104 Å². The van der Waals surface area contributed by atoms with Crippen LogP contribution in [0.2, 0.25) is 0 Å². The molecule has 3 aliphatic heterocycles. The average molecular weight is 787 g/mol. The van der Waals surface area contributed by atoms with E-state index in [-0.39, 0.29) is 12.3 Å². The van der Waals surface area contributed by atoms with Crippen LogP contribution in [0.25, 0.3) is 32.3 Å². The Hall–Kier alpha value is -6.62. The second kappa shape index (κ2) is 12.9. The Morgan fingerprint density at radius 1 is 0.517 bits per heavy atom. The van der Waals surface area contributed by atoms with Gasteiger partial charge in [-0.05, 0) is 92.6 Å². The van der Waals surface area contributed by atoms with Crippen LogP contribution < -0.4 is 20.0 Å². The lowest BCUT2D eigenvalue weighted by Crippen LogP contribution is -2.62. The highest BCUT2D eigenvalue weighted by Crippen LogP contribution is 2.61. The Kier molecular flexibility index (Phi) is 7.62. The lowest BCUT2D eigenvalue weighted by atomic mass is 9.45. The summed E-state index contributed by atoms with van der Waals surface area (Å²) >= 11 is 1.96. The van der Waals surface area contributed by atoms with Crippen molar-refractivity contribution in [3.8, 4) is 22.3 Å². The molecule has 1 aromatic heterocycles. The van der Waals surface area contributed by atoms with Gasteiger partial charge in [-0.15, -0.1) is 11.3 Å². The smallest absolute Gasteiger partial charge is 0.343 e. The van der Waals surface area contributed by atoms with Gasteiger partial charge in [0.1, 0.15) is 0 Å². The van der Waals surface area contributed by atoms with Crippen LogP contribution in [0.5, 0.6) is 0 Å². The fraction of sp³-hybridized carbons (Fsp3) is 0.107. The normalized spacial score (nSPS) is 14.4. The zero-order chi connectivity index (χ0) is 40.3. The standard InChI is InChI=1S/C56H43BN2S/c1-36-33-44-41-26-18-28-46-52(41)59(48-29-16-15-27-45(48)56(46,38-21-10-6-11-22-38)39-23-12-7-13-24-39)57-51(44)49(34-36)58(53-42-25-14-17-30-50(42)60-54(53)57)47-32-31-40(55(2,3)4)35-43(47)37-19-8-5-9-20-37/h5-35H,1-4H3. The van der Waals surface area contributed by atoms with E-state index in [4.69, 9.17) is 0 Å². The molecule has 9 aromatic rings. The molecule has 60 heavy (non-hydrogen) atoms. The van der Waals surface area contributed by atoms with Crippen molar-refractivity contribution in [2.45, 2.75) is 38.5 Å². The highest BCUT2D eigenvalue weighted by Gasteiger charge is 2.54. The summed E-state index contributed by atoms with van der Waals surface area (Å²) in [4.78, 5) is 5.37. The van der Waals surface area contributed by atoms with E-state index in [1.807, 2.05) is 11.3 Å². The Balaban J connectivity index is 1.23. The molecule has 2 nitrogen and oxygen atoms in total. The first-order valence-electron chi connectivity index (χ1n) is 21.1. The molecule has 12 rings (SSSR count). The number of aryl methyl sites for hydroxylation is 1. The van der Waals surface area contributed by atoms with Gasteiger partial charge in [-0.1, -0.05) is 178 Å². The van der Waals surface area contributed by atoms with Gasteiger partial charge in [0.2, 0.25) is 0 Å². The molecule has 4 heterocycles. The quantitative estimate of drug-likeness (QED) is 0.164. The molecule has 0 spiro atoms. The molecule has 8 aromatic carbocycles. The summed E-state index contributed by atoms with van der Waals surface area (Å²) in [5.41, 5.74) is 19.9. The van der Waals surface area contributed by atoms with Gasteiger partial charge in [0.05, 0.1) is 16.8 Å². The van der Waals surface area contributed by atoms with Gasteiger partial charge < -0.3 is 9.71 Å².